The molecule has 1 aromatic carbocycles. The number of hydrogen-bond donors (Lipinski definition) is 1. The third-order valence-corrected chi connectivity index (χ3v) is 6.16. The summed E-state index contributed by atoms with van der Waals surface area (Å²) in [6, 6.07) is 6.75. The number of thioether (sulfide) groups is 1. The summed E-state index contributed by atoms with van der Waals surface area (Å²) < 4.78 is 5.86. The molecule has 1 N–H and O–H groups in total. The molecule has 1 saturated heterocycles. The van der Waals surface area contributed by atoms with Crippen molar-refractivity contribution in [2.24, 2.45) is 0 Å². The number of thiocarbonyl (C=S) groups is 1. The number of carbonyl (C=O) groups excluding carboxylic acids is 3. The Bertz CT molecular complexity index is 780. The minimum Gasteiger partial charge on any atom is -0.455 e. The Hall–Kier alpha value is -2.13. The van der Waals surface area contributed by atoms with Crippen LogP contribution in [0.2, 0.25) is 0 Å². The molecule has 0 radical (unpaired) electrons. The summed E-state index contributed by atoms with van der Waals surface area (Å²) >= 11 is 6.59. The first-order chi connectivity index (χ1) is 13.5. The summed E-state index contributed by atoms with van der Waals surface area (Å²) in [6.45, 7) is 3.28. The molecule has 0 saturated carbocycles. The Morgan fingerprint density at radius 1 is 1.29 bits per heavy atom. The van der Waals surface area contributed by atoms with Gasteiger partial charge in [0.15, 0.2) is 6.61 Å². The van der Waals surface area contributed by atoms with E-state index in [9.17, 15) is 14.4 Å². The Labute approximate surface area is 173 Å². The maximum atomic E-state index is 12.8. The van der Waals surface area contributed by atoms with E-state index in [1.165, 1.54) is 16.7 Å². The van der Waals surface area contributed by atoms with Crippen molar-refractivity contribution in [3.8, 4) is 0 Å². The van der Waals surface area contributed by atoms with Crippen molar-refractivity contribution in [3.05, 3.63) is 24.3 Å². The van der Waals surface area contributed by atoms with E-state index in [0.717, 1.165) is 25.9 Å². The smallest absolute Gasteiger partial charge is 0.316 e. The van der Waals surface area contributed by atoms with E-state index < -0.39 is 5.97 Å². The molecule has 7 nitrogen and oxygen atoms in total. The summed E-state index contributed by atoms with van der Waals surface area (Å²) in [4.78, 5) is 40.4. The van der Waals surface area contributed by atoms with E-state index in [-0.39, 0.29) is 36.6 Å². The van der Waals surface area contributed by atoms with Crippen LogP contribution in [0.3, 0.4) is 0 Å². The number of benzene rings is 1. The van der Waals surface area contributed by atoms with Crippen LogP contribution in [-0.4, -0.2) is 58.5 Å². The molecule has 2 heterocycles. The molecule has 2 aliphatic rings. The molecule has 2 aliphatic heterocycles. The van der Waals surface area contributed by atoms with Gasteiger partial charge in [-0.15, -0.1) is 0 Å². The second-order valence-corrected chi connectivity index (χ2v) is 8.40. The van der Waals surface area contributed by atoms with Crippen LogP contribution in [0, 0.1) is 0 Å². The number of para-hydroxylation sites is 2. The second-order valence-electron chi connectivity index (χ2n) is 6.79. The Balaban J connectivity index is 1.55. The standard InChI is InChI=1S/C19H23N3O4S2/c1-13-10-16(23)20-14-6-2-3-7-15(14)22(13)17(24)11-26-18(25)12-28-19(27)21-8-4-5-9-21/h2-3,6-7,13H,4-5,8-12H2,1H3,(H,20,23)/t13-/m1/s1. The van der Waals surface area contributed by atoms with Crippen molar-refractivity contribution in [1.29, 1.82) is 0 Å². The first-order valence-electron chi connectivity index (χ1n) is 9.24. The summed E-state index contributed by atoms with van der Waals surface area (Å²) in [5.74, 6) is -0.921. The lowest BCUT2D eigenvalue weighted by Gasteiger charge is -2.27. The maximum absolute atomic E-state index is 12.8. The molecule has 0 aliphatic carbocycles. The zero-order chi connectivity index (χ0) is 20.1. The van der Waals surface area contributed by atoms with Gasteiger partial charge in [0.2, 0.25) is 5.91 Å². The number of nitrogens with one attached hydrogen (secondary N) is 1. The molecule has 1 aromatic rings. The third-order valence-electron chi connectivity index (χ3n) is 4.66. The van der Waals surface area contributed by atoms with Crippen LogP contribution in [0.5, 0.6) is 0 Å². The molecule has 28 heavy (non-hydrogen) atoms. The van der Waals surface area contributed by atoms with Crippen LogP contribution in [0.4, 0.5) is 11.4 Å². The topological polar surface area (TPSA) is 79.0 Å². The van der Waals surface area contributed by atoms with Crippen molar-refractivity contribution in [2.45, 2.75) is 32.2 Å². The average molecular weight is 422 g/mol. The van der Waals surface area contributed by atoms with Gasteiger partial charge in [0.05, 0.1) is 17.1 Å². The molecule has 9 heteroatoms. The molecule has 0 bridgehead atoms. The van der Waals surface area contributed by atoms with Crippen LogP contribution in [-0.2, 0) is 19.1 Å². The zero-order valence-electron chi connectivity index (χ0n) is 15.7. The van der Waals surface area contributed by atoms with Crippen molar-refractivity contribution in [2.75, 3.05) is 35.7 Å². The Morgan fingerprint density at radius 2 is 2.00 bits per heavy atom. The van der Waals surface area contributed by atoms with Gasteiger partial charge in [-0.05, 0) is 31.9 Å². The van der Waals surface area contributed by atoms with Gasteiger partial charge in [0.25, 0.3) is 5.91 Å². The molecular weight excluding hydrogens is 398 g/mol. The monoisotopic (exact) mass is 421 g/mol. The second kappa shape index (κ2) is 9.38. The van der Waals surface area contributed by atoms with Gasteiger partial charge < -0.3 is 19.9 Å². The molecule has 1 fully saturated rings. The van der Waals surface area contributed by atoms with Gasteiger partial charge >= 0.3 is 5.97 Å². The molecule has 1 atom stereocenters. The van der Waals surface area contributed by atoms with Crippen LogP contribution >= 0.6 is 24.0 Å². The molecule has 0 aromatic heterocycles. The van der Waals surface area contributed by atoms with E-state index in [4.69, 9.17) is 17.0 Å². The number of fused-ring (bicyclic) bond motifs is 1. The van der Waals surface area contributed by atoms with Gasteiger partial charge in [-0.2, -0.15) is 0 Å². The number of rotatable bonds is 4. The highest BCUT2D eigenvalue weighted by Crippen LogP contribution is 2.31. The Morgan fingerprint density at radius 3 is 2.75 bits per heavy atom. The number of amides is 2. The molecule has 2 amide bonds. The van der Waals surface area contributed by atoms with Crippen LogP contribution in [0.15, 0.2) is 24.3 Å². The van der Waals surface area contributed by atoms with E-state index in [2.05, 4.69) is 10.2 Å². The van der Waals surface area contributed by atoms with Crippen LogP contribution < -0.4 is 10.2 Å². The summed E-state index contributed by atoms with van der Waals surface area (Å²) in [6.07, 6.45) is 2.41. The van der Waals surface area contributed by atoms with E-state index in [0.29, 0.717) is 15.7 Å². The summed E-state index contributed by atoms with van der Waals surface area (Å²) in [7, 11) is 0. The van der Waals surface area contributed by atoms with Crippen molar-refractivity contribution in [1.82, 2.24) is 4.90 Å². The van der Waals surface area contributed by atoms with Crippen molar-refractivity contribution < 1.29 is 19.1 Å². The number of hydrogen-bond acceptors (Lipinski definition) is 6. The fraction of sp³-hybridized carbons (Fsp3) is 0.474. The van der Waals surface area contributed by atoms with Crippen molar-refractivity contribution >= 4 is 57.5 Å². The number of esters is 1. The molecule has 0 spiro atoms. The lowest BCUT2D eigenvalue weighted by Crippen LogP contribution is -2.41. The lowest BCUT2D eigenvalue weighted by atomic mass is 10.1. The quantitative estimate of drug-likeness (QED) is 0.591. The fourth-order valence-corrected chi connectivity index (χ4v) is 4.38. The van der Waals surface area contributed by atoms with E-state index >= 15 is 0 Å². The van der Waals surface area contributed by atoms with Gasteiger partial charge in [0, 0.05) is 25.6 Å². The maximum Gasteiger partial charge on any atom is 0.316 e. The van der Waals surface area contributed by atoms with Crippen LogP contribution in [0.1, 0.15) is 26.2 Å². The largest absolute Gasteiger partial charge is 0.455 e. The number of nitrogens with zero attached hydrogens (tertiary/aromatic N) is 2. The first kappa shape index (κ1) is 20.6. The zero-order valence-corrected chi connectivity index (χ0v) is 17.3. The average Bonchev–Trinajstić information content (AvgIpc) is 3.16. The van der Waals surface area contributed by atoms with Crippen LogP contribution in [0.25, 0.3) is 0 Å². The molecule has 3 rings (SSSR count). The summed E-state index contributed by atoms with van der Waals surface area (Å²) in [5, 5.41) is 2.80. The fourth-order valence-electron chi connectivity index (χ4n) is 3.33. The first-order valence-corrected chi connectivity index (χ1v) is 10.6. The summed E-state index contributed by atoms with van der Waals surface area (Å²) in [5.41, 5.74) is 1.18. The van der Waals surface area contributed by atoms with E-state index in [1.54, 1.807) is 31.2 Å². The number of likely N-dealkylation sites (tertiary alicyclic amines) is 1. The predicted molar refractivity (Wildman–Crippen MR) is 113 cm³/mol. The minimum atomic E-state index is -0.482. The molecule has 0 unspecified atom stereocenters. The molecule has 150 valence electrons. The predicted octanol–water partition coefficient (Wildman–Crippen LogP) is 2.41. The highest BCUT2D eigenvalue weighted by molar-refractivity contribution is 8.23. The van der Waals surface area contributed by atoms with Crippen molar-refractivity contribution in [3.63, 3.8) is 0 Å². The lowest BCUT2D eigenvalue weighted by molar-refractivity contribution is -0.145. The number of carbonyl (C=O) groups is 3. The number of anilines is 2. The highest BCUT2D eigenvalue weighted by atomic mass is 32.2. The Kier molecular flexibility index (Phi) is 6.90. The molecular formula is C19H23N3O4S2. The van der Waals surface area contributed by atoms with Gasteiger partial charge in [-0.25, -0.2) is 0 Å². The third kappa shape index (κ3) is 5.02. The van der Waals surface area contributed by atoms with Gasteiger partial charge in [0.1, 0.15) is 4.32 Å². The van der Waals surface area contributed by atoms with Gasteiger partial charge in [-0.3, -0.25) is 14.4 Å². The normalized spacial score (nSPS) is 18.9. The highest BCUT2D eigenvalue weighted by Gasteiger charge is 2.30. The number of ether oxygens (including phenoxy) is 1. The van der Waals surface area contributed by atoms with E-state index in [1.807, 2.05) is 0 Å². The van der Waals surface area contributed by atoms with Gasteiger partial charge in [-0.1, -0.05) is 36.1 Å². The SMILES string of the molecule is C[C@@H]1CC(=O)Nc2ccccc2N1C(=O)COC(=O)CSC(=S)N1CCCC1. The minimum absolute atomic E-state index is 0.0782.